The number of rotatable bonds is 3. The summed E-state index contributed by atoms with van der Waals surface area (Å²) in [7, 11) is -1.94. The molecule has 0 aromatic heterocycles. The second kappa shape index (κ2) is 3.93. The molecule has 0 bridgehead atoms. The minimum Gasteiger partial charge on any atom is -0.324 e. The van der Waals surface area contributed by atoms with Gasteiger partial charge in [0.25, 0.3) is 0 Å². The van der Waals surface area contributed by atoms with Gasteiger partial charge in [0.2, 0.25) is 0 Å². The van der Waals surface area contributed by atoms with Gasteiger partial charge in [-0.05, 0) is 24.5 Å². The summed E-state index contributed by atoms with van der Waals surface area (Å²) < 4.78 is 11.5. The highest BCUT2D eigenvalue weighted by Gasteiger charge is 2.07. The van der Waals surface area contributed by atoms with Gasteiger partial charge in [-0.2, -0.15) is 0 Å². The zero-order valence-corrected chi connectivity index (χ0v) is 9.05. The Morgan fingerprint density at radius 2 is 1.85 bits per heavy atom. The molecule has 0 saturated carbocycles. The first kappa shape index (κ1) is 10.3. The van der Waals surface area contributed by atoms with Gasteiger partial charge in [-0.25, -0.2) is 0 Å². The predicted octanol–water partition coefficient (Wildman–Crippen LogP) is 3.45. The molecular weight excluding hydrogens is 179 g/mol. The topological polar surface area (TPSA) is 17.1 Å². The van der Waals surface area contributed by atoms with Gasteiger partial charge in [-0.15, -0.1) is 0 Å². The monoisotopic (exact) mass is 194 g/mol. The number of hydrogen-bond acceptors (Lipinski definition) is 1. The smallest absolute Gasteiger partial charge is 0.0861 e. The third-order valence-corrected chi connectivity index (χ3v) is 2.91. The van der Waals surface area contributed by atoms with Crippen LogP contribution in [0.4, 0.5) is 0 Å². The maximum absolute atomic E-state index is 11.5. The zero-order valence-electron chi connectivity index (χ0n) is 8.16. The van der Waals surface area contributed by atoms with Gasteiger partial charge < -0.3 is 4.57 Å². The highest BCUT2D eigenvalue weighted by Crippen LogP contribution is 2.40. The quantitative estimate of drug-likeness (QED) is 0.673. The molecule has 0 unspecified atom stereocenters. The summed E-state index contributed by atoms with van der Waals surface area (Å²) in [6.45, 7) is 7.31. The van der Waals surface area contributed by atoms with Crippen LogP contribution < -0.4 is 0 Å². The molecule has 2 heteroatoms. The van der Waals surface area contributed by atoms with E-state index >= 15 is 0 Å². The second-order valence-corrected chi connectivity index (χ2v) is 7.14. The van der Waals surface area contributed by atoms with E-state index in [0.29, 0.717) is 6.16 Å². The van der Waals surface area contributed by atoms with Crippen LogP contribution in [0.5, 0.6) is 0 Å². The van der Waals surface area contributed by atoms with E-state index in [1.807, 2.05) is 37.6 Å². The van der Waals surface area contributed by atoms with Crippen LogP contribution >= 0.6 is 7.14 Å². The fourth-order valence-electron chi connectivity index (χ4n) is 1.20. The van der Waals surface area contributed by atoms with Gasteiger partial charge in [0, 0.05) is 6.16 Å². The molecule has 0 aliphatic rings. The Kier molecular flexibility index (Phi) is 3.11. The molecule has 0 fully saturated rings. The van der Waals surface area contributed by atoms with Crippen LogP contribution in [0.2, 0.25) is 0 Å². The Morgan fingerprint density at radius 3 is 2.23 bits per heavy atom. The van der Waals surface area contributed by atoms with Gasteiger partial charge in [-0.3, -0.25) is 0 Å². The van der Waals surface area contributed by atoms with Gasteiger partial charge in [-0.1, -0.05) is 36.9 Å². The molecule has 0 amide bonds. The average Bonchev–Trinajstić information content (AvgIpc) is 2.03. The van der Waals surface area contributed by atoms with Crippen molar-refractivity contribution in [2.24, 2.45) is 0 Å². The van der Waals surface area contributed by atoms with E-state index < -0.39 is 7.14 Å². The third-order valence-electron chi connectivity index (χ3n) is 1.78. The van der Waals surface area contributed by atoms with Crippen molar-refractivity contribution in [1.29, 1.82) is 0 Å². The lowest BCUT2D eigenvalue weighted by Crippen LogP contribution is -1.85. The molecule has 0 spiro atoms. The fraction of sp³-hybridized carbons (Fsp3) is 0.273. The van der Waals surface area contributed by atoms with Crippen LogP contribution in [0.25, 0.3) is 6.08 Å². The Hall–Kier alpha value is -0.810. The highest BCUT2D eigenvalue weighted by molar-refractivity contribution is 7.61. The minimum absolute atomic E-state index is 0.685. The van der Waals surface area contributed by atoms with Crippen molar-refractivity contribution >= 4 is 13.2 Å². The van der Waals surface area contributed by atoms with Crippen molar-refractivity contribution < 1.29 is 4.57 Å². The summed E-state index contributed by atoms with van der Waals surface area (Å²) in [6, 6.07) is 8.02. The van der Waals surface area contributed by atoms with Crippen LogP contribution in [0.15, 0.2) is 30.8 Å². The van der Waals surface area contributed by atoms with Crippen molar-refractivity contribution in [3.8, 4) is 0 Å². The first-order valence-electron chi connectivity index (χ1n) is 4.27. The summed E-state index contributed by atoms with van der Waals surface area (Å²) in [4.78, 5) is 0. The van der Waals surface area contributed by atoms with E-state index in [-0.39, 0.29) is 0 Å². The maximum atomic E-state index is 11.5. The Labute approximate surface area is 79.9 Å². The molecule has 0 N–H and O–H groups in total. The van der Waals surface area contributed by atoms with E-state index in [1.54, 1.807) is 6.08 Å². The van der Waals surface area contributed by atoms with E-state index in [4.69, 9.17) is 0 Å². The normalized spacial score (nSPS) is 11.2. The van der Waals surface area contributed by atoms with E-state index in [2.05, 4.69) is 6.58 Å². The lowest BCUT2D eigenvalue weighted by Gasteiger charge is -2.06. The van der Waals surface area contributed by atoms with Crippen molar-refractivity contribution in [2.45, 2.75) is 6.16 Å². The van der Waals surface area contributed by atoms with Crippen molar-refractivity contribution in [2.75, 3.05) is 13.3 Å². The molecule has 1 rings (SSSR count). The lowest BCUT2D eigenvalue weighted by atomic mass is 10.1. The van der Waals surface area contributed by atoms with Crippen molar-refractivity contribution in [3.63, 3.8) is 0 Å². The molecule has 70 valence electrons. The molecule has 0 aliphatic heterocycles. The molecule has 1 aromatic rings. The van der Waals surface area contributed by atoms with Crippen LogP contribution in [-0.2, 0) is 10.7 Å². The Morgan fingerprint density at radius 1 is 1.31 bits per heavy atom. The molecule has 0 saturated heterocycles. The molecule has 0 heterocycles. The molecular formula is C11H15OP. The minimum atomic E-state index is -1.94. The summed E-state index contributed by atoms with van der Waals surface area (Å²) in [5.41, 5.74) is 2.24. The Balaban J connectivity index is 2.81. The molecule has 1 nitrogen and oxygen atoms in total. The molecule has 0 aliphatic carbocycles. The van der Waals surface area contributed by atoms with Crippen molar-refractivity contribution in [3.05, 3.63) is 42.0 Å². The maximum Gasteiger partial charge on any atom is 0.0861 e. The van der Waals surface area contributed by atoms with E-state index in [1.165, 1.54) is 0 Å². The van der Waals surface area contributed by atoms with Crippen LogP contribution in [0, 0.1) is 0 Å². The number of benzene rings is 1. The van der Waals surface area contributed by atoms with E-state index in [9.17, 15) is 4.57 Å². The second-order valence-electron chi connectivity index (χ2n) is 3.68. The summed E-state index contributed by atoms with van der Waals surface area (Å²) in [6.07, 6.45) is 2.49. The standard InChI is InChI=1S/C11H15OP/c1-4-10-5-7-11(8-6-10)9-13(2,3)12/h4-8H,1,9H2,2-3H3. The van der Waals surface area contributed by atoms with Gasteiger partial charge >= 0.3 is 0 Å². The first-order valence-corrected chi connectivity index (χ1v) is 7.05. The summed E-state index contributed by atoms with van der Waals surface area (Å²) >= 11 is 0. The summed E-state index contributed by atoms with van der Waals surface area (Å²) in [5, 5.41) is 0. The molecule has 0 radical (unpaired) electrons. The van der Waals surface area contributed by atoms with Crippen LogP contribution in [0.3, 0.4) is 0 Å². The average molecular weight is 194 g/mol. The lowest BCUT2D eigenvalue weighted by molar-refractivity contribution is 0.582. The van der Waals surface area contributed by atoms with Gasteiger partial charge in [0.15, 0.2) is 0 Å². The van der Waals surface area contributed by atoms with Crippen LogP contribution in [-0.4, -0.2) is 13.3 Å². The SMILES string of the molecule is C=Cc1ccc(CP(C)(C)=O)cc1. The van der Waals surface area contributed by atoms with Gasteiger partial charge in [0.05, 0.1) is 7.14 Å². The van der Waals surface area contributed by atoms with Crippen molar-refractivity contribution in [1.82, 2.24) is 0 Å². The highest BCUT2D eigenvalue weighted by atomic mass is 31.2. The summed E-state index contributed by atoms with van der Waals surface area (Å²) in [5.74, 6) is 0. The van der Waals surface area contributed by atoms with E-state index in [0.717, 1.165) is 11.1 Å². The number of hydrogen-bond donors (Lipinski definition) is 0. The van der Waals surface area contributed by atoms with Gasteiger partial charge in [0.1, 0.15) is 0 Å². The largest absolute Gasteiger partial charge is 0.324 e. The molecule has 13 heavy (non-hydrogen) atoms. The zero-order chi connectivity index (χ0) is 9.90. The predicted molar refractivity (Wildman–Crippen MR) is 59.7 cm³/mol. The third kappa shape index (κ3) is 3.61. The Bertz CT molecular complexity index is 332. The molecule has 0 atom stereocenters. The first-order chi connectivity index (χ1) is 6.01. The molecule has 1 aromatic carbocycles. The van der Waals surface area contributed by atoms with Crippen LogP contribution in [0.1, 0.15) is 11.1 Å². The fourth-order valence-corrected chi connectivity index (χ4v) is 2.29.